The Balaban J connectivity index is 2.73. The van der Waals surface area contributed by atoms with Crippen LogP contribution in [0.2, 0.25) is 0 Å². The van der Waals surface area contributed by atoms with E-state index in [0.717, 1.165) is 28.1 Å². The number of methoxy groups -OCH3 is 2. The molecule has 0 radical (unpaired) electrons. The van der Waals surface area contributed by atoms with E-state index in [1.165, 1.54) is 0 Å². The standard InChI is InChI=1S/C12H13NO2/c1-8-6-12(15-3)10-7-9(14-2)4-5-11(10)13-8/h4-7H,1-3H3. The van der Waals surface area contributed by atoms with Crippen molar-refractivity contribution in [1.82, 2.24) is 4.98 Å². The van der Waals surface area contributed by atoms with Gasteiger partial charge in [-0.2, -0.15) is 0 Å². The second kappa shape index (κ2) is 3.77. The minimum atomic E-state index is 0.812. The molecule has 0 fully saturated rings. The first-order valence-corrected chi connectivity index (χ1v) is 4.74. The third-order valence-corrected chi connectivity index (χ3v) is 2.33. The van der Waals surface area contributed by atoms with E-state index in [2.05, 4.69) is 4.98 Å². The number of aryl methyl sites for hydroxylation is 1. The molecule has 78 valence electrons. The maximum atomic E-state index is 5.31. The van der Waals surface area contributed by atoms with Crippen molar-refractivity contribution in [2.75, 3.05) is 14.2 Å². The molecule has 0 aliphatic rings. The van der Waals surface area contributed by atoms with Gasteiger partial charge in [0.15, 0.2) is 0 Å². The van der Waals surface area contributed by atoms with Crippen LogP contribution in [0.5, 0.6) is 11.5 Å². The van der Waals surface area contributed by atoms with E-state index < -0.39 is 0 Å². The molecule has 0 bridgehead atoms. The van der Waals surface area contributed by atoms with Crippen molar-refractivity contribution in [3.05, 3.63) is 30.0 Å². The molecule has 0 N–H and O–H groups in total. The van der Waals surface area contributed by atoms with Gasteiger partial charge in [-0.1, -0.05) is 0 Å². The summed E-state index contributed by atoms with van der Waals surface area (Å²) in [6, 6.07) is 7.68. The summed E-state index contributed by atoms with van der Waals surface area (Å²) in [4.78, 5) is 4.42. The normalized spacial score (nSPS) is 10.3. The van der Waals surface area contributed by atoms with Crippen LogP contribution in [0.25, 0.3) is 10.9 Å². The van der Waals surface area contributed by atoms with E-state index >= 15 is 0 Å². The Morgan fingerprint density at radius 2 is 1.87 bits per heavy atom. The number of fused-ring (bicyclic) bond motifs is 1. The van der Waals surface area contributed by atoms with Gasteiger partial charge >= 0.3 is 0 Å². The number of nitrogens with zero attached hydrogens (tertiary/aromatic N) is 1. The first-order valence-electron chi connectivity index (χ1n) is 4.74. The van der Waals surface area contributed by atoms with Crippen LogP contribution in [-0.4, -0.2) is 19.2 Å². The third kappa shape index (κ3) is 1.73. The first kappa shape index (κ1) is 9.77. The molecule has 1 aromatic heterocycles. The molecule has 2 rings (SSSR count). The molecule has 1 aromatic carbocycles. The molecule has 15 heavy (non-hydrogen) atoms. The molecule has 3 nitrogen and oxygen atoms in total. The summed E-state index contributed by atoms with van der Waals surface area (Å²) < 4.78 is 10.5. The van der Waals surface area contributed by atoms with Crippen molar-refractivity contribution in [1.29, 1.82) is 0 Å². The van der Waals surface area contributed by atoms with Crippen LogP contribution in [0.1, 0.15) is 5.69 Å². The molecule has 2 aromatic rings. The topological polar surface area (TPSA) is 31.4 Å². The number of aromatic nitrogens is 1. The highest BCUT2D eigenvalue weighted by atomic mass is 16.5. The smallest absolute Gasteiger partial charge is 0.130 e. The van der Waals surface area contributed by atoms with Gasteiger partial charge in [0, 0.05) is 17.1 Å². The van der Waals surface area contributed by atoms with Gasteiger partial charge in [0.25, 0.3) is 0 Å². The largest absolute Gasteiger partial charge is 0.497 e. The van der Waals surface area contributed by atoms with Gasteiger partial charge in [-0.05, 0) is 25.1 Å². The zero-order valence-corrected chi connectivity index (χ0v) is 9.07. The summed E-state index contributed by atoms with van der Waals surface area (Å²) in [5.74, 6) is 1.64. The van der Waals surface area contributed by atoms with Crippen LogP contribution in [0.15, 0.2) is 24.3 Å². The van der Waals surface area contributed by atoms with Gasteiger partial charge in [-0.15, -0.1) is 0 Å². The fourth-order valence-corrected chi connectivity index (χ4v) is 1.60. The van der Waals surface area contributed by atoms with Gasteiger partial charge in [0.2, 0.25) is 0 Å². The van der Waals surface area contributed by atoms with Crippen LogP contribution in [0.3, 0.4) is 0 Å². The first-order chi connectivity index (χ1) is 7.24. The lowest BCUT2D eigenvalue weighted by atomic mass is 10.2. The lowest BCUT2D eigenvalue weighted by Crippen LogP contribution is -1.91. The van der Waals surface area contributed by atoms with Crippen LogP contribution >= 0.6 is 0 Å². The number of rotatable bonds is 2. The Hall–Kier alpha value is -1.77. The quantitative estimate of drug-likeness (QED) is 0.751. The highest BCUT2D eigenvalue weighted by Crippen LogP contribution is 2.28. The summed E-state index contributed by atoms with van der Waals surface area (Å²) in [7, 11) is 3.31. The van der Waals surface area contributed by atoms with Crippen molar-refractivity contribution in [2.45, 2.75) is 6.92 Å². The molecule has 1 heterocycles. The molecular weight excluding hydrogens is 190 g/mol. The minimum Gasteiger partial charge on any atom is -0.497 e. The maximum absolute atomic E-state index is 5.31. The molecule has 0 aliphatic carbocycles. The number of hydrogen-bond donors (Lipinski definition) is 0. The van der Waals surface area contributed by atoms with E-state index in [-0.39, 0.29) is 0 Å². The third-order valence-electron chi connectivity index (χ3n) is 2.33. The number of benzene rings is 1. The molecule has 0 saturated heterocycles. The zero-order chi connectivity index (χ0) is 10.8. The van der Waals surface area contributed by atoms with E-state index in [1.807, 2.05) is 31.2 Å². The predicted molar refractivity (Wildman–Crippen MR) is 59.6 cm³/mol. The monoisotopic (exact) mass is 203 g/mol. The van der Waals surface area contributed by atoms with Gasteiger partial charge in [0.05, 0.1) is 19.7 Å². The maximum Gasteiger partial charge on any atom is 0.130 e. The SMILES string of the molecule is COc1ccc2nc(C)cc(OC)c2c1. The van der Waals surface area contributed by atoms with Crippen LogP contribution in [0.4, 0.5) is 0 Å². The predicted octanol–water partition coefficient (Wildman–Crippen LogP) is 2.56. The molecule has 0 saturated carbocycles. The summed E-state index contributed by atoms with van der Waals surface area (Å²) in [6.07, 6.45) is 0. The molecular formula is C12H13NO2. The van der Waals surface area contributed by atoms with Crippen LogP contribution < -0.4 is 9.47 Å². The fourth-order valence-electron chi connectivity index (χ4n) is 1.60. The van der Waals surface area contributed by atoms with Gasteiger partial charge in [0.1, 0.15) is 11.5 Å². The second-order valence-corrected chi connectivity index (χ2v) is 3.35. The van der Waals surface area contributed by atoms with Crippen molar-refractivity contribution in [2.24, 2.45) is 0 Å². The van der Waals surface area contributed by atoms with E-state index in [0.29, 0.717) is 0 Å². The summed E-state index contributed by atoms with van der Waals surface area (Å²) in [6.45, 7) is 1.95. The zero-order valence-electron chi connectivity index (χ0n) is 9.07. The Labute approximate surface area is 88.7 Å². The molecule has 3 heteroatoms. The van der Waals surface area contributed by atoms with Crippen LogP contribution in [-0.2, 0) is 0 Å². The lowest BCUT2D eigenvalue weighted by Gasteiger charge is -2.07. The summed E-state index contributed by atoms with van der Waals surface area (Å²) in [5.41, 5.74) is 1.87. The lowest BCUT2D eigenvalue weighted by molar-refractivity contribution is 0.412. The second-order valence-electron chi connectivity index (χ2n) is 3.35. The number of pyridine rings is 1. The van der Waals surface area contributed by atoms with Gasteiger partial charge < -0.3 is 9.47 Å². The minimum absolute atomic E-state index is 0.812. The van der Waals surface area contributed by atoms with Crippen molar-refractivity contribution in [3.8, 4) is 11.5 Å². The number of ether oxygens (including phenoxy) is 2. The molecule has 0 atom stereocenters. The summed E-state index contributed by atoms with van der Waals surface area (Å²) >= 11 is 0. The average molecular weight is 203 g/mol. The molecule has 0 aliphatic heterocycles. The molecule has 0 spiro atoms. The highest BCUT2D eigenvalue weighted by molar-refractivity contribution is 5.86. The molecule has 0 unspecified atom stereocenters. The number of hydrogen-bond acceptors (Lipinski definition) is 3. The average Bonchev–Trinajstić information content (AvgIpc) is 2.27. The molecule has 0 amide bonds. The van der Waals surface area contributed by atoms with E-state index in [4.69, 9.17) is 9.47 Å². The highest BCUT2D eigenvalue weighted by Gasteiger charge is 2.05. The van der Waals surface area contributed by atoms with Crippen molar-refractivity contribution >= 4 is 10.9 Å². The Bertz CT molecular complexity index is 494. The van der Waals surface area contributed by atoms with Crippen LogP contribution in [0, 0.1) is 6.92 Å². The van der Waals surface area contributed by atoms with Gasteiger partial charge in [-0.3, -0.25) is 4.98 Å². The summed E-state index contributed by atoms with van der Waals surface area (Å²) in [5, 5.41) is 0.974. The van der Waals surface area contributed by atoms with E-state index in [9.17, 15) is 0 Å². The Morgan fingerprint density at radius 1 is 1.07 bits per heavy atom. The fraction of sp³-hybridized carbons (Fsp3) is 0.250. The van der Waals surface area contributed by atoms with E-state index in [1.54, 1.807) is 14.2 Å². The Kier molecular flexibility index (Phi) is 2.46. The van der Waals surface area contributed by atoms with Crippen molar-refractivity contribution < 1.29 is 9.47 Å². The van der Waals surface area contributed by atoms with Gasteiger partial charge in [-0.25, -0.2) is 0 Å². The van der Waals surface area contributed by atoms with Crippen molar-refractivity contribution in [3.63, 3.8) is 0 Å². The Morgan fingerprint density at radius 3 is 2.53 bits per heavy atom.